The fourth-order valence-electron chi connectivity index (χ4n) is 14.5. The van der Waals surface area contributed by atoms with E-state index in [1.165, 1.54) is 9.80 Å². The molecule has 10 heterocycles. The molecule has 10 aliphatic rings. The molecule has 0 radical (unpaired) electrons. The third-order valence-corrected chi connectivity index (χ3v) is 32.0. The molecule has 6 bridgehead atoms. The van der Waals surface area contributed by atoms with Gasteiger partial charge < -0.3 is 48.6 Å². The van der Waals surface area contributed by atoms with E-state index in [4.69, 9.17) is 65.8 Å². The Kier molecular flexibility index (Phi) is 13.8. The highest BCUT2D eigenvalue weighted by atomic mass is 79.9. The Morgan fingerprint density at radius 3 is 1.32 bits per heavy atom. The Hall–Kier alpha value is -4.89. The summed E-state index contributed by atoms with van der Waals surface area (Å²) < 4.78 is 12.7. The molecule has 3 aromatic rings. The summed E-state index contributed by atoms with van der Waals surface area (Å²) in [6.45, 7) is 33.2. The minimum absolute atomic E-state index is 0.00267. The van der Waals surface area contributed by atoms with E-state index < -0.39 is 80.8 Å². The summed E-state index contributed by atoms with van der Waals surface area (Å²) in [4.78, 5) is 108. The monoisotopic (exact) mass is 1340 g/mol. The summed E-state index contributed by atoms with van der Waals surface area (Å²) in [5, 5.41) is 0. The summed E-state index contributed by atoms with van der Waals surface area (Å²) in [5.74, 6) is 0.663. The summed E-state index contributed by atoms with van der Waals surface area (Å²) in [5.41, 5.74) is 2.82. The molecule has 3 spiro atoms. The second kappa shape index (κ2) is 18.8. The summed E-state index contributed by atoms with van der Waals surface area (Å²) >= 11 is 24.5. The number of piperazine rings is 3. The molecule has 9 fully saturated rings. The molecule has 3 aromatic carbocycles. The first-order chi connectivity index (χ1) is 37.7. The van der Waals surface area contributed by atoms with Crippen LogP contribution in [0.4, 0.5) is 0 Å². The van der Waals surface area contributed by atoms with Gasteiger partial charge in [-0.3, -0.25) is 28.8 Å². The molecule has 0 aliphatic carbocycles. The predicted octanol–water partition coefficient (Wildman–Crippen LogP) is 6.48. The number of hydrogen-bond acceptors (Lipinski definition) is 13. The molecule has 13 rings (SSSR count). The predicted molar refractivity (Wildman–Crippen MR) is 318 cm³/mol. The fraction of sp³-hybridized carbons (Fsp3) is 0.509. The molecule has 9 unspecified atom stereocenters. The zero-order valence-electron chi connectivity index (χ0n) is 46.1. The molecule has 81 heavy (non-hydrogen) atoms. The highest BCUT2D eigenvalue weighted by Crippen LogP contribution is 2.67. The van der Waals surface area contributed by atoms with E-state index >= 15 is 0 Å². The fourth-order valence-corrected chi connectivity index (χ4v) is 25.8. The minimum atomic E-state index is -1.11. The zero-order chi connectivity index (χ0) is 59.8. The molecule has 14 atom stereocenters. The average Bonchev–Trinajstić information content (AvgIpc) is 4.18. The van der Waals surface area contributed by atoms with E-state index in [1.807, 2.05) is 69.0 Å². The van der Waals surface area contributed by atoms with Crippen LogP contribution in [-0.2, 0) is 100 Å². The molecule has 18 nitrogen and oxygen atoms in total. The van der Waals surface area contributed by atoms with E-state index in [9.17, 15) is 28.8 Å². The van der Waals surface area contributed by atoms with Crippen LogP contribution < -0.4 is 9.47 Å². The standard InChI is InChI=1S/C18H18BrN3O2S2.C18H21BrN2O2S2.C18H17N3O4S2.CO2/c1-10-6-7-11(19)8-12(10)13-16(2,20-4)9-18-15(24)21(5)17(3,26(18)25)14(23)22(13)18;1-10-6-7-11(19)8-12(10)13-16(2,3)9-18-15(23)20(5)17(4,25(18)24)14(22)21(13)18;1-16(19-3)8-18-15(23)20(4)17(2,27(18)26)14(22)21(18)13(16)10-5-6-11-12(7-10)25-9-24-11;2-1-3/h6-8,13H,9H2,1-3,5H3;6-8,13H,9H2,1-5H3;5-7,13H,8-9H2,1-2,4H3;/t13-,16-,17?,18?,26?;13-,17?,18?,25?;13-,16-,17?,18?,27?;/m000./s1. The topological polar surface area (TPSA) is 183 Å². The van der Waals surface area contributed by atoms with Gasteiger partial charge in [0.25, 0.3) is 46.5 Å². The Balaban J connectivity index is 0.000000133. The Morgan fingerprint density at radius 1 is 0.543 bits per heavy atom. The summed E-state index contributed by atoms with van der Waals surface area (Å²) in [7, 11) is 2.42. The Labute approximate surface area is 507 Å². The van der Waals surface area contributed by atoms with Crippen LogP contribution in [0.2, 0.25) is 0 Å². The van der Waals surface area contributed by atoms with E-state index in [0.29, 0.717) is 17.9 Å². The van der Waals surface area contributed by atoms with Crippen LogP contribution >= 0.6 is 31.9 Å². The SMILES string of the molecule is Cc1ccc(Br)cc1[C@@H]1N2C(=O)C3(C)N(C)C(=O)C2(CC1(C)C)S3=S.O=C=O.[C-]#[N+][C@@]1(C)CC23C(=O)N(C)C(C)(C(=O)N2[C@H]1c1cc(Br)ccc1C)S3=S.[C-]#[N+][C@@]1(C)CC23C(=O)N(C)C(C)(C(=O)N2[C@H]1c1ccc2c(c1)OCO2)S3=S. The highest BCUT2D eigenvalue weighted by molar-refractivity contribution is 9.10. The second-order valence-electron chi connectivity index (χ2n) is 23.6. The van der Waals surface area contributed by atoms with Crippen molar-refractivity contribution in [2.45, 2.75) is 140 Å². The highest BCUT2D eigenvalue weighted by Gasteiger charge is 2.85. The van der Waals surface area contributed by atoms with E-state index in [0.717, 1.165) is 36.8 Å². The van der Waals surface area contributed by atoms with Gasteiger partial charge in [0.2, 0.25) is 6.79 Å². The van der Waals surface area contributed by atoms with Crippen LogP contribution in [0.25, 0.3) is 9.69 Å². The van der Waals surface area contributed by atoms with Gasteiger partial charge in [-0.1, -0.05) is 73.4 Å². The largest absolute Gasteiger partial charge is 0.454 e. The van der Waals surface area contributed by atoms with Crippen LogP contribution in [0, 0.1) is 32.4 Å². The summed E-state index contributed by atoms with van der Waals surface area (Å²) in [6.07, 6.45) is 1.41. The number of likely N-dealkylation sites (N-methyl/N-ethyl adjacent to an activating group) is 3. The smallest absolute Gasteiger partial charge is 0.373 e. The van der Waals surface area contributed by atoms with Crippen molar-refractivity contribution in [3.63, 3.8) is 0 Å². The maximum Gasteiger partial charge on any atom is 0.373 e. The molecule has 0 aromatic heterocycles. The van der Waals surface area contributed by atoms with E-state index in [2.05, 4.69) is 74.5 Å². The summed E-state index contributed by atoms with van der Waals surface area (Å²) in [6, 6.07) is 16.3. The third-order valence-electron chi connectivity index (χ3n) is 18.7. The number of halogens is 2. The van der Waals surface area contributed by atoms with Crippen molar-refractivity contribution in [1.82, 2.24) is 29.4 Å². The lowest BCUT2D eigenvalue weighted by molar-refractivity contribution is -0.191. The van der Waals surface area contributed by atoms with Crippen molar-refractivity contribution >= 4 is 135 Å². The normalized spacial score (nSPS) is 38.9. The first-order valence-electron chi connectivity index (χ1n) is 25.5. The van der Waals surface area contributed by atoms with Gasteiger partial charge in [0.1, 0.15) is 12.1 Å². The molecule has 0 saturated carbocycles. The third kappa shape index (κ3) is 7.08. The van der Waals surface area contributed by atoms with E-state index in [1.54, 1.807) is 55.8 Å². The number of nitrogens with zero attached hydrogens (tertiary/aromatic N) is 8. The van der Waals surface area contributed by atoms with Crippen molar-refractivity contribution in [2.24, 2.45) is 5.41 Å². The van der Waals surface area contributed by atoms with Gasteiger partial charge in [-0.15, -0.1) is 0 Å². The van der Waals surface area contributed by atoms with Gasteiger partial charge in [-0.25, -0.2) is 13.1 Å². The Morgan fingerprint density at radius 2 is 0.901 bits per heavy atom. The Bertz CT molecular complexity index is 3670. The molecule has 426 valence electrons. The van der Waals surface area contributed by atoms with Crippen LogP contribution in [0.3, 0.4) is 0 Å². The molecule has 6 amide bonds. The average molecular weight is 1340 g/mol. The number of amides is 6. The first-order valence-corrected chi connectivity index (χ1v) is 33.5. The second-order valence-corrected chi connectivity index (χ2v) is 34.4. The lowest BCUT2D eigenvalue weighted by Gasteiger charge is -2.40. The lowest BCUT2D eigenvalue weighted by Crippen LogP contribution is -2.61. The maximum atomic E-state index is 13.5. The van der Waals surface area contributed by atoms with Gasteiger partial charge in [0.05, 0.1) is 18.9 Å². The first kappa shape index (κ1) is 59.3. The van der Waals surface area contributed by atoms with Crippen molar-refractivity contribution in [1.29, 1.82) is 0 Å². The molecule has 0 N–H and O–H groups in total. The van der Waals surface area contributed by atoms with Crippen LogP contribution in [0.5, 0.6) is 11.5 Å². The van der Waals surface area contributed by atoms with Gasteiger partial charge in [-0.05, 0) is 163 Å². The number of carbonyl (C=O) groups is 6. The number of carbonyl (C=O) groups excluding carboxylic acids is 8. The molecular weight excluding hydrogens is 1280 g/mol. The number of ether oxygens (including phenoxy) is 2. The number of hydrogen-bond donors (Lipinski definition) is 0. The van der Waals surface area contributed by atoms with Gasteiger partial charge in [-0.2, -0.15) is 9.59 Å². The molecular formula is C55H56Br2N8O10S6. The molecule has 9 saturated heterocycles. The van der Waals surface area contributed by atoms with Crippen LogP contribution in [0.15, 0.2) is 63.5 Å². The molecule has 10 aliphatic heterocycles. The number of rotatable bonds is 3. The van der Waals surface area contributed by atoms with Gasteiger partial charge >= 0.3 is 6.15 Å². The van der Waals surface area contributed by atoms with Gasteiger partial charge in [0, 0.05) is 43.9 Å². The van der Waals surface area contributed by atoms with Gasteiger partial charge in [0.15, 0.2) is 40.7 Å². The lowest BCUT2D eigenvalue weighted by atomic mass is 9.79. The van der Waals surface area contributed by atoms with Crippen molar-refractivity contribution in [3.05, 3.63) is 114 Å². The maximum absolute atomic E-state index is 13.5. The number of benzene rings is 3. The quantitative estimate of drug-likeness (QED) is 0.260. The number of fused-ring (bicyclic) bond motifs is 4. The number of aryl methyl sites for hydroxylation is 2. The van der Waals surface area contributed by atoms with Crippen molar-refractivity contribution in [2.75, 3.05) is 27.9 Å². The zero-order valence-corrected chi connectivity index (χ0v) is 54.2. The van der Waals surface area contributed by atoms with Crippen molar-refractivity contribution in [3.8, 4) is 11.5 Å². The molecule has 26 heteroatoms. The minimum Gasteiger partial charge on any atom is -0.454 e. The van der Waals surface area contributed by atoms with E-state index in [-0.39, 0.29) is 72.7 Å². The van der Waals surface area contributed by atoms with Crippen LogP contribution in [-0.4, -0.2) is 139 Å². The van der Waals surface area contributed by atoms with Crippen LogP contribution in [0.1, 0.15) is 114 Å². The van der Waals surface area contributed by atoms with Crippen molar-refractivity contribution < 1.29 is 47.8 Å².